The molecule has 1 unspecified atom stereocenters. The van der Waals surface area contributed by atoms with Crippen molar-refractivity contribution in [3.63, 3.8) is 0 Å². The predicted molar refractivity (Wildman–Crippen MR) is 105 cm³/mol. The van der Waals surface area contributed by atoms with Gasteiger partial charge in [-0.2, -0.15) is 0 Å². The van der Waals surface area contributed by atoms with Gasteiger partial charge in [0.05, 0.1) is 25.4 Å². The molecule has 1 fully saturated rings. The van der Waals surface area contributed by atoms with E-state index < -0.39 is 28.1 Å². The van der Waals surface area contributed by atoms with Gasteiger partial charge in [0.2, 0.25) is 10.0 Å². The van der Waals surface area contributed by atoms with Gasteiger partial charge in [-0.15, -0.1) is 0 Å². The summed E-state index contributed by atoms with van der Waals surface area (Å²) in [4.78, 5) is 26.0. The van der Waals surface area contributed by atoms with Gasteiger partial charge >= 0.3 is 5.97 Å². The smallest absolute Gasteiger partial charge is 0.338 e. The van der Waals surface area contributed by atoms with Gasteiger partial charge in [-0.3, -0.25) is 4.79 Å². The fourth-order valence-electron chi connectivity index (χ4n) is 2.82. The van der Waals surface area contributed by atoms with E-state index in [0.717, 1.165) is 0 Å². The van der Waals surface area contributed by atoms with E-state index in [2.05, 4.69) is 4.72 Å². The van der Waals surface area contributed by atoms with E-state index in [4.69, 9.17) is 14.2 Å². The number of methoxy groups -OCH3 is 1. The Hall–Kier alpha value is -2.17. The second-order valence-corrected chi connectivity index (χ2v) is 9.47. The Kier molecular flexibility index (Phi) is 7.25. The Morgan fingerprint density at radius 3 is 2.59 bits per heavy atom. The van der Waals surface area contributed by atoms with Crippen LogP contribution in [0.3, 0.4) is 0 Å². The summed E-state index contributed by atoms with van der Waals surface area (Å²) < 4.78 is 43.5. The molecule has 1 saturated heterocycles. The molecule has 0 aliphatic carbocycles. The van der Waals surface area contributed by atoms with Crippen LogP contribution in [0.25, 0.3) is 0 Å². The molecule has 0 spiro atoms. The molecule has 1 N–H and O–H groups in total. The molecule has 1 heterocycles. The van der Waals surface area contributed by atoms with E-state index >= 15 is 0 Å². The first kappa shape index (κ1) is 23.1. The summed E-state index contributed by atoms with van der Waals surface area (Å²) in [7, 11) is -2.60. The lowest BCUT2D eigenvalue weighted by molar-refractivity contribution is -0.141. The molecule has 162 valence electrons. The lowest BCUT2D eigenvalue weighted by atomic mass is 10.1. The summed E-state index contributed by atoms with van der Waals surface area (Å²) >= 11 is 0. The molecular formula is C19H28N2O7S. The van der Waals surface area contributed by atoms with Crippen molar-refractivity contribution in [3.8, 4) is 5.75 Å². The third kappa shape index (κ3) is 6.41. The summed E-state index contributed by atoms with van der Waals surface area (Å²) in [5, 5.41) is 0. The van der Waals surface area contributed by atoms with Gasteiger partial charge in [-0.1, -0.05) is 0 Å². The van der Waals surface area contributed by atoms with Gasteiger partial charge < -0.3 is 19.1 Å². The van der Waals surface area contributed by atoms with Gasteiger partial charge in [0.15, 0.2) is 6.61 Å². The van der Waals surface area contributed by atoms with E-state index in [0.29, 0.717) is 19.7 Å². The predicted octanol–water partition coefficient (Wildman–Crippen LogP) is 1.18. The fraction of sp³-hybridized carbons (Fsp3) is 0.579. The number of nitrogens with one attached hydrogen (secondary N) is 1. The summed E-state index contributed by atoms with van der Waals surface area (Å²) in [6.45, 7) is 7.83. The molecule has 0 radical (unpaired) electrons. The van der Waals surface area contributed by atoms with Gasteiger partial charge in [0.25, 0.3) is 5.91 Å². The molecule has 1 aliphatic rings. The number of ether oxygens (including phenoxy) is 3. The molecule has 1 aromatic carbocycles. The van der Waals surface area contributed by atoms with E-state index in [1.54, 1.807) is 25.7 Å². The summed E-state index contributed by atoms with van der Waals surface area (Å²) in [5.41, 5.74) is -0.717. The zero-order valence-corrected chi connectivity index (χ0v) is 18.2. The molecule has 1 amide bonds. The zero-order chi connectivity index (χ0) is 21.8. The van der Waals surface area contributed by atoms with Crippen molar-refractivity contribution >= 4 is 21.9 Å². The maximum absolute atomic E-state index is 12.7. The second kappa shape index (κ2) is 9.10. The summed E-state index contributed by atoms with van der Waals surface area (Å²) in [5.74, 6) is -1.03. The standard InChI is InChI=1S/C19H28N2O7S/c1-13-11-21(8-9-27-13)17(22)12-28-18(23)14-6-7-15(26-5)16(10-14)29(24,25)20-19(2,3)4/h6-7,10,13,20H,8-9,11-12H2,1-5H3. The topological polar surface area (TPSA) is 111 Å². The molecule has 1 aliphatic heterocycles. The van der Waals surface area contributed by atoms with E-state index in [1.807, 2.05) is 6.92 Å². The van der Waals surface area contributed by atoms with Crippen LogP contribution in [0.1, 0.15) is 38.1 Å². The van der Waals surface area contributed by atoms with Crippen molar-refractivity contribution in [2.24, 2.45) is 0 Å². The number of amides is 1. The van der Waals surface area contributed by atoms with Crippen molar-refractivity contribution < 1.29 is 32.2 Å². The zero-order valence-electron chi connectivity index (χ0n) is 17.4. The molecule has 10 heteroatoms. The van der Waals surface area contributed by atoms with Crippen molar-refractivity contribution in [1.29, 1.82) is 0 Å². The Balaban J connectivity index is 2.14. The summed E-state index contributed by atoms with van der Waals surface area (Å²) in [6.07, 6.45) is -0.0759. The van der Waals surface area contributed by atoms with Crippen LogP contribution in [0.5, 0.6) is 5.75 Å². The second-order valence-electron chi connectivity index (χ2n) is 7.82. The highest BCUT2D eigenvalue weighted by molar-refractivity contribution is 7.89. The number of esters is 1. The Morgan fingerprint density at radius 1 is 1.31 bits per heavy atom. The largest absolute Gasteiger partial charge is 0.495 e. The van der Waals surface area contributed by atoms with Crippen molar-refractivity contribution in [1.82, 2.24) is 9.62 Å². The highest BCUT2D eigenvalue weighted by Gasteiger charge is 2.27. The van der Waals surface area contributed by atoms with E-state index in [1.165, 1.54) is 25.3 Å². The third-order valence-electron chi connectivity index (χ3n) is 4.05. The van der Waals surface area contributed by atoms with Crippen molar-refractivity contribution in [2.75, 3.05) is 33.4 Å². The normalized spacial score (nSPS) is 17.7. The minimum Gasteiger partial charge on any atom is -0.495 e. The SMILES string of the molecule is COc1ccc(C(=O)OCC(=O)N2CCOC(C)C2)cc1S(=O)(=O)NC(C)(C)C. The summed E-state index contributed by atoms with van der Waals surface area (Å²) in [6, 6.07) is 3.94. The first-order valence-electron chi connectivity index (χ1n) is 9.21. The minimum absolute atomic E-state index is 0.00299. The number of nitrogens with zero attached hydrogens (tertiary/aromatic N) is 1. The van der Waals surface area contributed by atoms with Gasteiger partial charge in [-0.25, -0.2) is 17.9 Å². The van der Waals surface area contributed by atoms with Crippen LogP contribution in [0.15, 0.2) is 23.1 Å². The number of sulfonamides is 1. The van der Waals surface area contributed by atoms with Crippen LogP contribution in [0, 0.1) is 0 Å². The molecule has 0 saturated carbocycles. The Bertz CT molecular complexity index is 862. The first-order chi connectivity index (χ1) is 13.4. The molecular weight excluding hydrogens is 400 g/mol. The number of benzene rings is 1. The number of rotatable bonds is 6. The van der Waals surface area contributed by atoms with Crippen molar-refractivity contribution in [2.45, 2.75) is 44.2 Å². The molecule has 1 aromatic rings. The van der Waals surface area contributed by atoms with Crippen LogP contribution < -0.4 is 9.46 Å². The maximum Gasteiger partial charge on any atom is 0.338 e. The molecule has 29 heavy (non-hydrogen) atoms. The van der Waals surface area contributed by atoms with Crippen LogP contribution in [0.4, 0.5) is 0 Å². The van der Waals surface area contributed by atoms with Crippen LogP contribution in [-0.4, -0.2) is 70.3 Å². The Morgan fingerprint density at radius 2 is 2.00 bits per heavy atom. The van der Waals surface area contributed by atoms with E-state index in [9.17, 15) is 18.0 Å². The number of morpholine rings is 1. The quantitative estimate of drug-likeness (QED) is 0.677. The number of carbonyl (C=O) groups is 2. The lowest BCUT2D eigenvalue weighted by Gasteiger charge is -2.30. The highest BCUT2D eigenvalue weighted by Crippen LogP contribution is 2.26. The van der Waals surface area contributed by atoms with E-state index in [-0.39, 0.29) is 28.2 Å². The number of hydrogen-bond donors (Lipinski definition) is 1. The average molecular weight is 429 g/mol. The number of hydrogen-bond acceptors (Lipinski definition) is 7. The highest BCUT2D eigenvalue weighted by atomic mass is 32.2. The monoisotopic (exact) mass is 428 g/mol. The van der Waals surface area contributed by atoms with Crippen LogP contribution >= 0.6 is 0 Å². The molecule has 9 nitrogen and oxygen atoms in total. The minimum atomic E-state index is -3.94. The van der Waals surface area contributed by atoms with Gasteiger partial charge in [-0.05, 0) is 45.9 Å². The van der Waals surface area contributed by atoms with Crippen LogP contribution in [0.2, 0.25) is 0 Å². The maximum atomic E-state index is 12.7. The van der Waals surface area contributed by atoms with Gasteiger partial charge in [0, 0.05) is 18.6 Å². The average Bonchev–Trinajstić information content (AvgIpc) is 2.63. The van der Waals surface area contributed by atoms with Crippen LogP contribution in [-0.2, 0) is 24.3 Å². The third-order valence-corrected chi connectivity index (χ3v) is 5.83. The molecule has 2 rings (SSSR count). The van der Waals surface area contributed by atoms with Gasteiger partial charge in [0.1, 0.15) is 10.6 Å². The Labute approximate surface area is 171 Å². The molecule has 0 aromatic heterocycles. The lowest BCUT2D eigenvalue weighted by Crippen LogP contribution is -2.46. The first-order valence-corrected chi connectivity index (χ1v) is 10.7. The molecule has 0 bridgehead atoms. The fourth-order valence-corrected chi connectivity index (χ4v) is 4.43. The van der Waals surface area contributed by atoms with Crippen molar-refractivity contribution in [3.05, 3.63) is 23.8 Å². The molecule has 1 atom stereocenters. The number of carbonyl (C=O) groups excluding carboxylic acids is 2.